The number of aliphatic hydroxyl groups excluding tert-OH is 1. The van der Waals surface area contributed by atoms with Crippen LogP contribution < -0.4 is 5.32 Å². The average molecular weight is 373 g/mol. The van der Waals surface area contributed by atoms with E-state index in [2.05, 4.69) is 5.32 Å². The smallest absolute Gasteiger partial charge is 0.225 e. The Kier molecular flexibility index (Phi) is 7.35. The number of hydrogen-bond donors (Lipinski definition) is 2. The van der Waals surface area contributed by atoms with Gasteiger partial charge in [-0.15, -0.1) is 12.4 Å². The maximum absolute atomic E-state index is 12.6. The third-order valence-electron chi connectivity index (χ3n) is 5.20. The van der Waals surface area contributed by atoms with E-state index in [0.29, 0.717) is 10.9 Å². The molecule has 3 rings (SSSR count). The zero-order chi connectivity index (χ0) is 16.2. The monoisotopic (exact) mass is 372 g/mol. The number of halogens is 2. The van der Waals surface area contributed by atoms with Gasteiger partial charge in [0, 0.05) is 24.0 Å². The molecule has 1 amide bonds. The molecule has 2 saturated heterocycles. The Bertz CT molecular complexity index is 524. The van der Waals surface area contributed by atoms with Gasteiger partial charge in [-0.2, -0.15) is 0 Å². The number of nitrogens with one attached hydrogen (secondary N) is 1. The van der Waals surface area contributed by atoms with Crippen molar-refractivity contribution in [2.45, 2.75) is 31.8 Å². The number of aliphatic hydroxyl groups is 1. The topological polar surface area (TPSA) is 52.6 Å². The van der Waals surface area contributed by atoms with E-state index in [1.54, 1.807) is 0 Å². The highest BCUT2D eigenvalue weighted by molar-refractivity contribution is 6.30. The summed E-state index contributed by atoms with van der Waals surface area (Å²) in [4.78, 5) is 14.6. The minimum absolute atomic E-state index is 0. The van der Waals surface area contributed by atoms with Gasteiger partial charge < -0.3 is 15.3 Å². The summed E-state index contributed by atoms with van der Waals surface area (Å²) in [5, 5.41) is 14.5. The Hall–Kier alpha value is -0.810. The lowest BCUT2D eigenvalue weighted by molar-refractivity contribution is -0.138. The molecule has 2 aliphatic heterocycles. The number of carbonyl (C=O) groups excluding carboxylic acids is 1. The first-order valence-electron chi connectivity index (χ1n) is 8.58. The molecule has 24 heavy (non-hydrogen) atoms. The Balaban J connectivity index is 0.00000208. The van der Waals surface area contributed by atoms with Crippen LogP contribution in [0.5, 0.6) is 0 Å². The summed E-state index contributed by atoms with van der Waals surface area (Å²) in [7, 11) is 0. The number of amides is 1. The van der Waals surface area contributed by atoms with Crippen LogP contribution in [-0.2, 0) is 4.79 Å². The normalized spacial score (nSPS) is 21.2. The van der Waals surface area contributed by atoms with E-state index in [-0.39, 0.29) is 24.2 Å². The quantitative estimate of drug-likeness (QED) is 0.857. The molecule has 0 spiro atoms. The molecule has 4 nitrogen and oxygen atoms in total. The number of rotatable bonds is 3. The molecule has 1 unspecified atom stereocenters. The van der Waals surface area contributed by atoms with E-state index >= 15 is 0 Å². The van der Waals surface area contributed by atoms with Crippen LogP contribution in [0.2, 0.25) is 5.02 Å². The molecule has 1 atom stereocenters. The molecule has 1 aromatic carbocycles. The zero-order valence-electron chi connectivity index (χ0n) is 13.8. The highest BCUT2D eigenvalue weighted by atomic mass is 35.5. The molecule has 0 radical (unpaired) electrons. The molecule has 6 heteroatoms. The summed E-state index contributed by atoms with van der Waals surface area (Å²) >= 11 is 5.90. The van der Waals surface area contributed by atoms with Crippen molar-refractivity contribution in [2.75, 3.05) is 26.2 Å². The molecule has 0 bridgehead atoms. The van der Waals surface area contributed by atoms with Crippen LogP contribution >= 0.6 is 24.0 Å². The number of likely N-dealkylation sites (tertiary alicyclic amines) is 1. The molecule has 2 aliphatic rings. The first-order chi connectivity index (χ1) is 11.1. The van der Waals surface area contributed by atoms with Gasteiger partial charge >= 0.3 is 0 Å². The first kappa shape index (κ1) is 19.5. The van der Waals surface area contributed by atoms with Crippen molar-refractivity contribution < 1.29 is 9.90 Å². The molecule has 2 N–H and O–H groups in total. The Morgan fingerprint density at radius 3 is 2.29 bits per heavy atom. The van der Waals surface area contributed by atoms with Crippen molar-refractivity contribution in [2.24, 2.45) is 11.8 Å². The van der Waals surface area contributed by atoms with Crippen LogP contribution in [-0.4, -0.2) is 42.1 Å². The maximum Gasteiger partial charge on any atom is 0.225 e. The number of hydrogen-bond acceptors (Lipinski definition) is 3. The van der Waals surface area contributed by atoms with Gasteiger partial charge in [-0.25, -0.2) is 0 Å². The van der Waals surface area contributed by atoms with Gasteiger partial charge in [0.2, 0.25) is 5.91 Å². The van der Waals surface area contributed by atoms with Crippen LogP contribution in [0.3, 0.4) is 0 Å². The fourth-order valence-electron chi connectivity index (χ4n) is 3.69. The molecule has 0 aliphatic carbocycles. The molecular formula is C18H26Cl2N2O2. The molecular weight excluding hydrogens is 347 g/mol. The number of benzene rings is 1. The Labute approximate surface area is 155 Å². The van der Waals surface area contributed by atoms with Gasteiger partial charge in [0.25, 0.3) is 0 Å². The van der Waals surface area contributed by atoms with E-state index in [9.17, 15) is 9.90 Å². The predicted molar refractivity (Wildman–Crippen MR) is 98.6 cm³/mol. The molecule has 2 fully saturated rings. The van der Waals surface area contributed by atoms with Crippen LogP contribution in [0.4, 0.5) is 0 Å². The lowest BCUT2D eigenvalue weighted by Gasteiger charge is -2.37. The highest BCUT2D eigenvalue weighted by Gasteiger charge is 2.31. The lowest BCUT2D eigenvalue weighted by Crippen LogP contribution is -2.45. The maximum atomic E-state index is 12.6. The van der Waals surface area contributed by atoms with Crippen molar-refractivity contribution in [3.8, 4) is 0 Å². The number of carbonyl (C=O) groups is 1. The van der Waals surface area contributed by atoms with Crippen LogP contribution in [0.25, 0.3) is 0 Å². The summed E-state index contributed by atoms with van der Waals surface area (Å²) in [6, 6.07) is 7.41. The van der Waals surface area contributed by atoms with E-state index in [4.69, 9.17) is 11.6 Å². The first-order valence-corrected chi connectivity index (χ1v) is 8.96. The minimum atomic E-state index is -0.469. The summed E-state index contributed by atoms with van der Waals surface area (Å²) in [5.74, 6) is 0.716. The average Bonchev–Trinajstić information content (AvgIpc) is 2.62. The second-order valence-electron chi connectivity index (χ2n) is 6.68. The second-order valence-corrected chi connectivity index (χ2v) is 7.12. The van der Waals surface area contributed by atoms with Crippen molar-refractivity contribution in [1.82, 2.24) is 10.2 Å². The van der Waals surface area contributed by atoms with E-state index in [1.165, 1.54) is 0 Å². The van der Waals surface area contributed by atoms with Crippen LogP contribution in [0.1, 0.15) is 37.4 Å². The van der Waals surface area contributed by atoms with Gasteiger partial charge in [0.1, 0.15) is 0 Å². The molecule has 0 aromatic heterocycles. The SMILES string of the molecule is Cl.O=C(C1CCNCC1)N1CCC(C(O)c2ccc(Cl)cc2)CC1. The largest absolute Gasteiger partial charge is 0.388 e. The van der Waals surface area contributed by atoms with E-state index in [0.717, 1.165) is 57.4 Å². The van der Waals surface area contributed by atoms with Crippen molar-refractivity contribution in [3.63, 3.8) is 0 Å². The third kappa shape index (κ3) is 4.63. The van der Waals surface area contributed by atoms with Gasteiger partial charge in [0.05, 0.1) is 6.10 Å². The van der Waals surface area contributed by atoms with Crippen LogP contribution in [0, 0.1) is 11.8 Å². The summed E-state index contributed by atoms with van der Waals surface area (Å²) < 4.78 is 0. The number of piperidine rings is 2. The summed E-state index contributed by atoms with van der Waals surface area (Å²) in [5.41, 5.74) is 0.914. The van der Waals surface area contributed by atoms with Crippen molar-refractivity contribution in [1.29, 1.82) is 0 Å². The lowest BCUT2D eigenvalue weighted by atomic mass is 9.86. The summed E-state index contributed by atoms with van der Waals surface area (Å²) in [6.07, 6.45) is 3.16. The van der Waals surface area contributed by atoms with Gasteiger partial charge in [-0.3, -0.25) is 4.79 Å². The van der Waals surface area contributed by atoms with Crippen LogP contribution in [0.15, 0.2) is 24.3 Å². The van der Waals surface area contributed by atoms with E-state index in [1.807, 2.05) is 29.2 Å². The Morgan fingerprint density at radius 1 is 1.12 bits per heavy atom. The zero-order valence-corrected chi connectivity index (χ0v) is 15.4. The highest BCUT2D eigenvalue weighted by Crippen LogP contribution is 2.32. The molecule has 134 valence electrons. The minimum Gasteiger partial charge on any atom is -0.388 e. The molecule has 2 heterocycles. The van der Waals surface area contributed by atoms with Gasteiger partial charge in [0.15, 0.2) is 0 Å². The summed E-state index contributed by atoms with van der Waals surface area (Å²) in [6.45, 7) is 3.42. The second kappa shape index (κ2) is 9.04. The number of nitrogens with zero attached hydrogens (tertiary/aromatic N) is 1. The predicted octanol–water partition coefficient (Wildman–Crippen LogP) is 3.03. The fourth-order valence-corrected chi connectivity index (χ4v) is 3.82. The van der Waals surface area contributed by atoms with Gasteiger partial charge in [-0.1, -0.05) is 23.7 Å². The van der Waals surface area contributed by atoms with Gasteiger partial charge in [-0.05, 0) is 62.4 Å². The van der Waals surface area contributed by atoms with Crippen molar-refractivity contribution in [3.05, 3.63) is 34.9 Å². The Morgan fingerprint density at radius 2 is 1.71 bits per heavy atom. The fraction of sp³-hybridized carbons (Fsp3) is 0.611. The third-order valence-corrected chi connectivity index (χ3v) is 5.45. The molecule has 0 saturated carbocycles. The molecule has 1 aromatic rings. The van der Waals surface area contributed by atoms with E-state index < -0.39 is 6.10 Å². The standard InChI is InChI=1S/C18H25ClN2O2.ClH/c19-16-3-1-13(2-4-16)17(22)14-7-11-21(12-8-14)18(23)15-5-9-20-10-6-15;/h1-4,14-15,17,20,22H,5-12H2;1H. The van der Waals surface area contributed by atoms with Crippen molar-refractivity contribution >= 4 is 29.9 Å².